The Kier molecular flexibility index (Phi) is 13.0. The van der Waals surface area contributed by atoms with Gasteiger partial charge in [-0.15, -0.1) is 13.2 Å². The molecular weight excluding hydrogens is 759 g/mol. The number of H-pyrrole nitrogens is 1. The molecule has 0 aliphatic rings. The van der Waals surface area contributed by atoms with Gasteiger partial charge < -0.3 is 36.5 Å². The lowest BCUT2D eigenvalue weighted by atomic mass is 9.91. The minimum Gasteiger partial charge on any atom is -0.481 e. The molecule has 1 aromatic heterocycles. The number of amides is 4. The molecule has 3 atom stereocenters. The number of fused-ring (bicyclic) bond motifs is 2. The van der Waals surface area contributed by atoms with Gasteiger partial charge in [-0.2, -0.15) is 0 Å². The van der Waals surface area contributed by atoms with E-state index < -0.39 is 91.2 Å². The summed E-state index contributed by atoms with van der Waals surface area (Å²) in [6.07, 6.45) is -7.25. The number of halogens is 4. The van der Waals surface area contributed by atoms with Crippen LogP contribution >= 0.6 is 11.6 Å². The molecule has 0 aliphatic carbocycles. The summed E-state index contributed by atoms with van der Waals surface area (Å²) in [6, 6.07) is 20.8. The van der Waals surface area contributed by atoms with Crippen LogP contribution in [0, 0.1) is 5.92 Å². The number of anilines is 1. The molecule has 0 spiro atoms. The third-order valence-electron chi connectivity index (χ3n) is 8.68. The first-order valence-corrected chi connectivity index (χ1v) is 17.5. The topological polar surface area (TPSA) is 210 Å². The van der Waals surface area contributed by atoms with Gasteiger partial charge in [-0.25, -0.2) is 0 Å². The fraction of sp³-hybridized carbons (Fsp3) is 0.231. The molecule has 5 aromatic rings. The molecule has 7 N–H and O–H groups in total. The van der Waals surface area contributed by atoms with Crippen molar-refractivity contribution in [1.82, 2.24) is 15.6 Å². The Labute approximate surface area is 321 Å². The third-order valence-corrected chi connectivity index (χ3v) is 8.91. The number of ketones is 1. The second-order valence-electron chi connectivity index (χ2n) is 12.9. The smallest absolute Gasteiger partial charge is 0.481 e. The molecule has 0 radical (unpaired) electrons. The number of aromatic amines is 1. The van der Waals surface area contributed by atoms with E-state index in [2.05, 4.69) is 25.7 Å². The van der Waals surface area contributed by atoms with Gasteiger partial charge in [0.25, 0.3) is 5.91 Å². The van der Waals surface area contributed by atoms with E-state index >= 15 is 0 Å². The van der Waals surface area contributed by atoms with Crippen LogP contribution < -0.4 is 26.4 Å². The van der Waals surface area contributed by atoms with Crippen molar-refractivity contribution in [3.63, 3.8) is 0 Å². The van der Waals surface area contributed by atoms with E-state index in [1.807, 2.05) is 36.4 Å². The number of alkyl halides is 3. The number of rotatable bonds is 17. The quantitative estimate of drug-likeness (QED) is 0.0691. The van der Waals surface area contributed by atoms with Crippen LogP contribution in [0.3, 0.4) is 0 Å². The van der Waals surface area contributed by atoms with E-state index in [0.29, 0.717) is 21.5 Å². The summed E-state index contributed by atoms with van der Waals surface area (Å²) >= 11 is 6.11. The van der Waals surface area contributed by atoms with Gasteiger partial charge in [0.05, 0.1) is 12.0 Å². The van der Waals surface area contributed by atoms with Crippen molar-refractivity contribution < 1.29 is 51.8 Å². The maximum atomic E-state index is 14.1. The summed E-state index contributed by atoms with van der Waals surface area (Å²) in [7, 11) is 0. The van der Waals surface area contributed by atoms with E-state index in [1.54, 1.807) is 30.3 Å². The number of Topliss-reactive ketones (excluding diaryl/α,β-unsaturated/α-hetero) is 1. The second kappa shape index (κ2) is 17.8. The monoisotopic (exact) mass is 793 g/mol. The van der Waals surface area contributed by atoms with E-state index in [-0.39, 0.29) is 17.8 Å². The SMILES string of the molecule is NC(=O)C[C@H](CC(=O)[C@H](Cc1ccc2ccccc2c1)NC(=O)c1cc2cc(Cl)ccc2[nH]1)C(=O)N[C@@H](CCC(=O)O)C(=O)Nc1ccc(OC(F)(F)F)cc1. The number of hydrogen-bond donors (Lipinski definition) is 6. The maximum absolute atomic E-state index is 14.1. The third kappa shape index (κ3) is 11.5. The Morgan fingerprint density at radius 1 is 0.804 bits per heavy atom. The van der Waals surface area contributed by atoms with Crippen molar-refractivity contribution in [3.05, 3.63) is 107 Å². The first-order valence-electron chi connectivity index (χ1n) is 17.1. The molecule has 0 bridgehead atoms. The Hall–Kier alpha value is -6.42. The van der Waals surface area contributed by atoms with Gasteiger partial charge in [0.1, 0.15) is 17.5 Å². The minimum absolute atomic E-state index is 0.00621. The average molecular weight is 794 g/mol. The van der Waals surface area contributed by atoms with E-state index in [4.69, 9.17) is 17.3 Å². The number of carboxylic acid groups (broad SMARTS) is 1. The normalized spacial score (nSPS) is 13.0. The first-order chi connectivity index (χ1) is 26.5. The first kappa shape index (κ1) is 40.8. The van der Waals surface area contributed by atoms with Gasteiger partial charge in [0.2, 0.25) is 17.7 Å². The van der Waals surface area contributed by atoms with Crippen molar-refractivity contribution in [2.75, 3.05) is 5.32 Å². The summed E-state index contributed by atoms with van der Waals surface area (Å²) in [6.45, 7) is 0. The zero-order valence-electron chi connectivity index (χ0n) is 29.3. The lowest BCUT2D eigenvalue weighted by Gasteiger charge is -2.23. The van der Waals surface area contributed by atoms with Crippen LogP contribution in [0.1, 0.15) is 41.7 Å². The molecule has 292 valence electrons. The molecule has 17 heteroatoms. The fourth-order valence-electron chi connectivity index (χ4n) is 5.99. The van der Waals surface area contributed by atoms with Crippen LogP contribution in [0.25, 0.3) is 21.7 Å². The molecule has 4 amide bonds. The van der Waals surface area contributed by atoms with Crippen LogP contribution in [0.5, 0.6) is 5.75 Å². The highest BCUT2D eigenvalue weighted by Crippen LogP contribution is 2.25. The molecule has 0 saturated carbocycles. The zero-order valence-corrected chi connectivity index (χ0v) is 30.1. The highest BCUT2D eigenvalue weighted by molar-refractivity contribution is 6.31. The Morgan fingerprint density at radius 2 is 1.52 bits per heavy atom. The van der Waals surface area contributed by atoms with Crippen molar-refractivity contribution in [3.8, 4) is 5.75 Å². The Bertz CT molecular complexity index is 2280. The van der Waals surface area contributed by atoms with Crippen molar-refractivity contribution in [2.45, 2.75) is 50.6 Å². The van der Waals surface area contributed by atoms with Crippen LogP contribution in [-0.2, 0) is 30.4 Å². The molecular formula is C39H35ClF3N5O8. The predicted molar refractivity (Wildman–Crippen MR) is 200 cm³/mol. The number of hydrogen-bond acceptors (Lipinski definition) is 7. The number of ether oxygens (including phenoxy) is 1. The molecule has 0 aliphatic heterocycles. The summed E-state index contributed by atoms with van der Waals surface area (Å²) in [5, 5.41) is 19.7. The van der Waals surface area contributed by atoms with E-state index in [9.17, 15) is 47.0 Å². The number of aromatic nitrogens is 1. The van der Waals surface area contributed by atoms with Gasteiger partial charge in [-0.1, -0.05) is 54.1 Å². The lowest BCUT2D eigenvalue weighted by Crippen LogP contribution is -2.48. The lowest BCUT2D eigenvalue weighted by molar-refractivity contribution is -0.274. The van der Waals surface area contributed by atoms with Crippen LogP contribution in [0.15, 0.2) is 91.0 Å². The second-order valence-corrected chi connectivity index (χ2v) is 13.4. The molecule has 5 rings (SSSR count). The largest absolute Gasteiger partial charge is 0.573 e. The van der Waals surface area contributed by atoms with Gasteiger partial charge >= 0.3 is 12.3 Å². The summed E-state index contributed by atoms with van der Waals surface area (Å²) in [5.74, 6) is -7.50. The van der Waals surface area contributed by atoms with E-state index in [0.717, 1.165) is 35.0 Å². The van der Waals surface area contributed by atoms with Crippen molar-refractivity contribution in [1.29, 1.82) is 0 Å². The summed E-state index contributed by atoms with van der Waals surface area (Å²) in [5.41, 5.74) is 6.86. The highest BCUT2D eigenvalue weighted by Gasteiger charge is 2.33. The molecule has 56 heavy (non-hydrogen) atoms. The van der Waals surface area contributed by atoms with Gasteiger partial charge in [-0.05, 0) is 77.7 Å². The molecule has 4 aromatic carbocycles. The molecule has 13 nitrogen and oxygen atoms in total. The predicted octanol–water partition coefficient (Wildman–Crippen LogP) is 5.65. The molecule has 0 fully saturated rings. The summed E-state index contributed by atoms with van der Waals surface area (Å²) in [4.78, 5) is 81.1. The van der Waals surface area contributed by atoms with Crippen LogP contribution in [-0.4, -0.2) is 63.9 Å². The molecule has 0 unspecified atom stereocenters. The van der Waals surface area contributed by atoms with Gasteiger partial charge in [-0.3, -0.25) is 28.8 Å². The van der Waals surface area contributed by atoms with Gasteiger partial charge in [0.15, 0.2) is 5.78 Å². The summed E-state index contributed by atoms with van der Waals surface area (Å²) < 4.78 is 41.5. The van der Waals surface area contributed by atoms with E-state index in [1.165, 1.54) is 0 Å². The highest BCUT2D eigenvalue weighted by atomic mass is 35.5. The average Bonchev–Trinajstić information content (AvgIpc) is 3.56. The number of primary amides is 1. The Morgan fingerprint density at radius 3 is 2.20 bits per heavy atom. The Balaban J connectivity index is 1.36. The van der Waals surface area contributed by atoms with Gasteiger partial charge in [0, 0.05) is 40.9 Å². The van der Waals surface area contributed by atoms with Crippen molar-refractivity contribution >= 4 is 74.3 Å². The number of carboxylic acids is 1. The number of benzene rings is 4. The number of carbonyl (C=O) groups excluding carboxylic acids is 5. The van der Waals surface area contributed by atoms with Crippen LogP contribution in [0.4, 0.5) is 18.9 Å². The van der Waals surface area contributed by atoms with Crippen molar-refractivity contribution in [2.24, 2.45) is 11.7 Å². The molecule has 0 saturated heterocycles. The number of nitrogens with one attached hydrogen (secondary N) is 4. The molecule has 1 heterocycles. The standard InChI is InChI=1S/C39H35ClF3N5O8/c40-26-7-12-29-24(17-26)18-32(46-29)38(55)48-31(16-21-5-6-22-3-1-2-4-23(22)15-21)33(49)19-25(20-34(44)50)36(53)47-30(13-14-35(51)52)37(54)45-27-8-10-28(11-9-27)56-39(41,42)43/h1-12,15,17-18,25,30-31,46H,13-14,16,19-20H2,(H2,44,50)(H,45,54)(H,47,53)(H,48,55)(H,51,52)/t25-,30-,31-/m0/s1. The van der Waals surface area contributed by atoms with Crippen LogP contribution in [0.2, 0.25) is 5.02 Å². The maximum Gasteiger partial charge on any atom is 0.573 e. The number of aliphatic carboxylic acids is 1. The number of carbonyl (C=O) groups is 6. The fourth-order valence-corrected chi connectivity index (χ4v) is 6.17. The minimum atomic E-state index is -4.95. The zero-order chi connectivity index (χ0) is 40.6. The number of nitrogens with two attached hydrogens (primary N) is 1.